The van der Waals surface area contributed by atoms with Gasteiger partial charge in [0.2, 0.25) is 0 Å². The molecule has 170 valence electrons. The van der Waals surface area contributed by atoms with Crippen molar-refractivity contribution >= 4 is 5.91 Å². The Balaban J connectivity index is 1.47. The molecule has 2 heterocycles. The molecule has 1 atom stereocenters. The number of hydrogen-bond acceptors (Lipinski definition) is 4. The van der Waals surface area contributed by atoms with Crippen LogP contribution in [0.5, 0.6) is 0 Å². The summed E-state index contributed by atoms with van der Waals surface area (Å²) < 4.78 is 5.89. The van der Waals surface area contributed by atoms with Crippen molar-refractivity contribution < 1.29 is 9.21 Å². The van der Waals surface area contributed by atoms with Crippen LogP contribution in [0, 0.1) is 6.92 Å². The molecule has 1 aliphatic rings. The van der Waals surface area contributed by atoms with E-state index in [-0.39, 0.29) is 5.91 Å². The number of amides is 1. The number of aryl methyl sites for hydroxylation is 1. The van der Waals surface area contributed by atoms with E-state index in [9.17, 15) is 4.79 Å². The van der Waals surface area contributed by atoms with Crippen LogP contribution in [0.2, 0.25) is 0 Å². The fourth-order valence-corrected chi connectivity index (χ4v) is 4.31. The minimum atomic E-state index is -0.118. The first-order valence-electron chi connectivity index (χ1n) is 11.8. The molecule has 0 bridgehead atoms. The summed E-state index contributed by atoms with van der Waals surface area (Å²) in [4.78, 5) is 17.4. The molecule has 1 amide bonds. The largest absolute Gasteiger partial charge is 0.455 e. The average Bonchev–Trinajstić information content (AvgIpc) is 3.20. The van der Waals surface area contributed by atoms with E-state index < -0.39 is 0 Å². The molecular formula is C26H39N3O2. The van der Waals surface area contributed by atoms with Gasteiger partial charge in [0.05, 0.1) is 6.54 Å². The maximum Gasteiger partial charge on any atom is 0.286 e. The lowest BCUT2D eigenvalue weighted by atomic mass is 10.0. The molecule has 1 aromatic carbocycles. The zero-order valence-electron chi connectivity index (χ0n) is 19.7. The molecule has 31 heavy (non-hydrogen) atoms. The van der Waals surface area contributed by atoms with Crippen molar-refractivity contribution in [1.82, 2.24) is 15.1 Å². The highest BCUT2D eigenvalue weighted by Crippen LogP contribution is 2.17. The highest BCUT2D eigenvalue weighted by atomic mass is 16.4. The van der Waals surface area contributed by atoms with Crippen molar-refractivity contribution in [2.75, 3.05) is 19.6 Å². The number of benzene rings is 1. The van der Waals surface area contributed by atoms with Gasteiger partial charge in [-0.2, -0.15) is 0 Å². The predicted octanol–water partition coefficient (Wildman–Crippen LogP) is 4.99. The van der Waals surface area contributed by atoms with Crippen molar-refractivity contribution in [3.63, 3.8) is 0 Å². The van der Waals surface area contributed by atoms with Crippen LogP contribution in [-0.4, -0.2) is 47.4 Å². The van der Waals surface area contributed by atoms with Gasteiger partial charge in [0.1, 0.15) is 5.76 Å². The highest BCUT2D eigenvalue weighted by Gasteiger charge is 2.18. The third-order valence-corrected chi connectivity index (χ3v) is 6.29. The molecule has 3 rings (SSSR count). The maximum atomic E-state index is 12.5. The second-order valence-corrected chi connectivity index (χ2v) is 9.24. The molecule has 1 saturated heterocycles. The van der Waals surface area contributed by atoms with Gasteiger partial charge in [-0.1, -0.05) is 36.2 Å². The summed E-state index contributed by atoms with van der Waals surface area (Å²) in [5, 5.41) is 3.02. The number of hydrogen-bond donors (Lipinski definition) is 1. The summed E-state index contributed by atoms with van der Waals surface area (Å²) >= 11 is 0. The SMILES string of the molecule is Cc1cccc(CN(Cc2ccc(C(=O)NCCCN3CCCC[C@@H]3C)o2)C(C)C)c1. The number of likely N-dealkylation sites (tertiary alicyclic amines) is 1. The second-order valence-electron chi connectivity index (χ2n) is 9.24. The van der Waals surface area contributed by atoms with E-state index in [1.807, 2.05) is 6.07 Å². The summed E-state index contributed by atoms with van der Waals surface area (Å²) in [7, 11) is 0. The van der Waals surface area contributed by atoms with E-state index in [0.29, 0.717) is 30.9 Å². The molecule has 1 aliphatic heterocycles. The molecule has 0 saturated carbocycles. The minimum absolute atomic E-state index is 0.118. The number of piperidine rings is 1. The first-order valence-corrected chi connectivity index (χ1v) is 11.8. The minimum Gasteiger partial charge on any atom is -0.455 e. The molecular weight excluding hydrogens is 386 g/mol. The van der Waals surface area contributed by atoms with Gasteiger partial charge in [0, 0.05) is 31.7 Å². The van der Waals surface area contributed by atoms with Crippen LogP contribution in [-0.2, 0) is 13.1 Å². The van der Waals surface area contributed by atoms with Crippen molar-refractivity contribution in [1.29, 1.82) is 0 Å². The Morgan fingerprint density at radius 3 is 2.81 bits per heavy atom. The van der Waals surface area contributed by atoms with Crippen molar-refractivity contribution in [2.45, 2.75) is 78.6 Å². The van der Waals surface area contributed by atoms with Crippen LogP contribution in [0.3, 0.4) is 0 Å². The maximum absolute atomic E-state index is 12.5. The highest BCUT2D eigenvalue weighted by molar-refractivity contribution is 5.91. The number of rotatable bonds is 10. The zero-order chi connectivity index (χ0) is 22.2. The Hall–Kier alpha value is -2.11. The lowest BCUT2D eigenvalue weighted by Gasteiger charge is -2.33. The molecule has 5 nitrogen and oxygen atoms in total. The third-order valence-electron chi connectivity index (χ3n) is 6.29. The van der Waals surface area contributed by atoms with E-state index >= 15 is 0 Å². The second kappa shape index (κ2) is 11.5. The Morgan fingerprint density at radius 1 is 1.23 bits per heavy atom. The molecule has 1 aromatic heterocycles. The van der Waals surface area contributed by atoms with Crippen molar-refractivity contribution in [3.05, 3.63) is 59.0 Å². The molecule has 1 N–H and O–H groups in total. The van der Waals surface area contributed by atoms with E-state index in [1.165, 1.54) is 36.9 Å². The number of furan rings is 1. The fraction of sp³-hybridized carbons (Fsp3) is 0.577. The Kier molecular flexibility index (Phi) is 8.73. The van der Waals surface area contributed by atoms with Gasteiger partial charge in [-0.3, -0.25) is 9.69 Å². The van der Waals surface area contributed by atoms with Crippen LogP contribution in [0.1, 0.15) is 73.9 Å². The van der Waals surface area contributed by atoms with Gasteiger partial charge in [-0.15, -0.1) is 0 Å². The fourth-order valence-electron chi connectivity index (χ4n) is 4.31. The molecule has 0 spiro atoms. The number of carbonyl (C=O) groups is 1. The van der Waals surface area contributed by atoms with Crippen LogP contribution < -0.4 is 5.32 Å². The summed E-state index contributed by atoms with van der Waals surface area (Å²) in [6, 6.07) is 13.4. The Bertz CT molecular complexity index is 830. The van der Waals surface area contributed by atoms with E-state index in [1.54, 1.807) is 6.07 Å². The van der Waals surface area contributed by atoms with Gasteiger partial charge >= 0.3 is 0 Å². The molecule has 0 radical (unpaired) electrons. The van der Waals surface area contributed by atoms with Gasteiger partial charge < -0.3 is 14.6 Å². The lowest BCUT2D eigenvalue weighted by molar-refractivity contribution is 0.0916. The predicted molar refractivity (Wildman–Crippen MR) is 126 cm³/mol. The smallest absolute Gasteiger partial charge is 0.286 e. The number of nitrogens with zero attached hydrogens (tertiary/aromatic N) is 2. The van der Waals surface area contributed by atoms with E-state index in [2.05, 4.69) is 67.1 Å². The topological polar surface area (TPSA) is 48.7 Å². The third kappa shape index (κ3) is 7.22. The summed E-state index contributed by atoms with van der Waals surface area (Å²) in [6.45, 7) is 13.3. The van der Waals surface area contributed by atoms with Crippen molar-refractivity contribution in [3.8, 4) is 0 Å². The van der Waals surface area contributed by atoms with Crippen LogP contribution in [0.25, 0.3) is 0 Å². The summed E-state index contributed by atoms with van der Waals surface area (Å²) in [5.41, 5.74) is 2.56. The standard InChI is InChI=1S/C26H39N3O2/c1-20(2)29(18-23-11-7-9-21(3)17-23)19-24-12-13-25(31-24)26(30)27-14-8-16-28-15-6-5-10-22(28)4/h7,9,11-13,17,20,22H,5-6,8,10,14-16,18-19H2,1-4H3,(H,27,30)/t22-/m0/s1. The monoisotopic (exact) mass is 425 g/mol. The van der Waals surface area contributed by atoms with E-state index in [4.69, 9.17) is 4.42 Å². The molecule has 2 aromatic rings. The molecule has 0 aliphatic carbocycles. The van der Waals surface area contributed by atoms with Crippen LogP contribution in [0.15, 0.2) is 40.8 Å². The average molecular weight is 426 g/mol. The quantitative estimate of drug-likeness (QED) is 0.545. The van der Waals surface area contributed by atoms with Gasteiger partial charge in [0.15, 0.2) is 5.76 Å². The molecule has 5 heteroatoms. The zero-order valence-corrected chi connectivity index (χ0v) is 19.7. The Labute approximate surface area is 187 Å². The molecule has 1 fully saturated rings. The Morgan fingerprint density at radius 2 is 2.06 bits per heavy atom. The van der Waals surface area contributed by atoms with Crippen molar-refractivity contribution in [2.24, 2.45) is 0 Å². The number of carbonyl (C=O) groups excluding carboxylic acids is 1. The van der Waals surface area contributed by atoms with Gasteiger partial charge in [-0.25, -0.2) is 0 Å². The normalized spacial score (nSPS) is 17.4. The van der Waals surface area contributed by atoms with Crippen LogP contribution in [0.4, 0.5) is 0 Å². The van der Waals surface area contributed by atoms with Gasteiger partial charge in [0.25, 0.3) is 5.91 Å². The number of nitrogens with one attached hydrogen (secondary N) is 1. The van der Waals surface area contributed by atoms with Gasteiger partial charge in [-0.05, 0) is 71.2 Å². The van der Waals surface area contributed by atoms with Crippen LogP contribution >= 0.6 is 0 Å². The summed E-state index contributed by atoms with van der Waals surface area (Å²) in [6.07, 6.45) is 4.90. The first-order chi connectivity index (χ1) is 14.9. The van der Waals surface area contributed by atoms with E-state index in [0.717, 1.165) is 25.3 Å². The lowest BCUT2D eigenvalue weighted by Crippen LogP contribution is -2.39. The molecule has 0 unspecified atom stereocenters. The first kappa shape index (κ1) is 23.6. The summed E-state index contributed by atoms with van der Waals surface area (Å²) in [5.74, 6) is 1.11.